The zero-order valence-electron chi connectivity index (χ0n) is 12.4. The number of amides is 1. The van der Waals surface area contributed by atoms with Crippen molar-refractivity contribution in [2.75, 3.05) is 5.32 Å². The van der Waals surface area contributed by atoms with E-state index in [-0.39, 0.29) is 16.1 Å². The number of benzene rings is 2. The van der Waals surface area contributed by atoms with Gasteiger partial charge < -0.3 is 5.32 Å². The Hall–Kier alpha value is -1.77. The Morgan fingerprint density at radius 1 is 1.22 bits per heavy atom. The number of halogens is 2. The van der Waals surface area contributed by atoms with Crippen LogP contribution in [0.4, 0.5) is 10.1 Å². The molecule has 2 aromatic rings. The molecule has 0 saturated carbocycles. The quantitative estimate of drug-likeness (QED) is 0.829. The average molecular weight is 401 g/mol. The third kappa shape index (κ3) is 3.95. The highest BCUT2D eigenvalue weighted by Gasteiger charge is 2.18. The lowest BCUT2D eigenvalue weighted by Crippen LogP contribution is -2.18. The molecule has 8 heteroatoms. The normalized spacial score (nSPS) is 11.3. The number of carbonyl (C=O) groups excluding carboxylic acids is 1. The summed E-state index contributed by atoms with van der Waals surface area (Å²) >= 11 is 3.12. The molecule has 2 aromatic carbocycles. The number of hydrogen-bond donors (Lipinski definition) is 2. The van der Waals surface area contributed by atoms with Crippen LogP contribution in [0.15, 0.2) is 39.7 Å². The van der Waals surface area contributed by atoms with Crippen molar-refractivity contribution in [3.8, 4) is 0 Å². The Labute approximate surface area is 141 Å². The Kier molecular flexibility index (Phi) is 4.88. The summed E-state index contributed by atoms with van der Waals surface area (Å²) in [4.78, 5) is 12.1. The first-order valence-corrected chi connectivity index (χ1v) is 8.84. The number of hydrogen-bond acceptors (Lipinski definition) is 3. The molecule has 0 heterocycles. The molecule has 1 amide bonds. The summed E-state index contributed by atoms with van der Waals surface area (Å²) in [6.45, 7) is 3.27. The molecule has 23 heavy (non-hydrogen) atoms. The second kappa shape index (κ2) is 6.38. The molecule has 0 aromatic heterocycles. The molecule has 0 fully saturated rings. The molecule has 0 radical (unpaired) electrons. The predicted molar refractivity (Wildman–Crippen MR) is 89.3 cm³/mol. The number of nitrogens with one attached hydrogen (secondary N) is 1. The molecule has 0 saturated heterocycles. The van der Waals surface area contributed by atoms with Crippen LogP contribution in [0, 0.1) is 19.7 Å². The van der Waals surface area contributed by atoms with Gasteiger partial charge in [0, 0.05) is 10.0 Å². The van der Waals surface area contributed by atoms with Gasteiger partial charge in [-0.1, -0.05) is 15.9 Å². The molecule has 0 aliphatic heterocycles. The molecule has 0 aliphatic carbocycles. The molecule has 0 spiro atoms. The summed E-state index contributed by atoms with van der Waals surface area (Å²) in [5, 5.41) is 7.57. The minimum atomic E-state index is -3.96. The van der Waals surface area contributed by atoms with Crippen LogP contribution in [0.2, 0.25) is 0 Å². The number of nitrogens with two attached hydrogens (primary N) is 1. The van der Waals surface area contributed by atoms with Gasteiger partial charge in [0.25, 0.3) is 5.91 Å². The van der Waals surface area contributed by atoms with Crippen molar-refractivity contribution in [3.05, 3.63) is 57.3 Å². The van der Waals surface area contributed by atoms with Gasteiger partial charge in [-0.3, -0.25) is 4.79 Å². The Morgan fingerprint density at radius 2 is 1.87 bits per heavy atom. The lowest BCUT2D eigenvalue weighted by molar-refractivity contribution is 0.102. The zero-order valence-corrected chi connectivity index (χ0v) is 14.8. The lowest BCUT2D eigenvalue weighted by Gasteiger charge is -2.11. The van der Waals surface area contributed by atoms with Crippen LogP contribution in [0.1, 0.15) is 21.5 Å². The van der Waals surface area contributed by atoms with E-state index in [2.05, 4.69) is 21.2 Å². The van der Waals surface area contributed by atoms with Crippen molar-refractivity contribution in [1.29, 1.82) is 0 Å². The predicted octanol–water partition coefficient (Wildman–Crippen LogP) is 3.10. The first-order valence-electron chi connectivity index (χ1n) is 6.50. The molecule has 122 valence electrons. The topological polar surface area (TPSA) is 89.3 Å². The Morgan fingerprint density at radius 3 is 2.43 bits per heavy atom. The van der Waals surface area contributed by atoms with Crippen LogP contribution in [0.3, 0.4) is 0 Å². The summed E-state index contributed by atoms with van der Waals surface area (Å²) in [5.74, 6) is -1.23. The third-order valence-corrected chi connectivity index (χ3v) is 4.90. The Balaban J connectivity index is 2.42. The molecule has 5 nitrogen and oxygen atoms in total. The molecule has 3 N–H and O–H groups in total. The summed E-state index contributed by atoms with van der Waals surface area (Å²) in [7, 11) is -3.96. The van der Waals surface area contributed by atoms with Crippen LogP contribution in [-0.4, -0.2) is 14.3 Å². The number of aryl methyl sites for hydroxylation is 1. The minimum Gasteiger partial charge on any atom is -0.319 e. The van der Waals surface area contributed by atoms with Crippen LogP contribution in [0.5, 0.6) is 0 Å². The van der Waals surface area contributed by atoms with E-state index in [0.717, 1.165) is 0 Å². The van der Waals surface area contributed by atoms with Gasteiger partial charge in [0.15, 0.2) is 0 Å². The van der Waals surface area contributed by atoms with Crippen LogP contribution >= 0.6 is 15.9 Å². The first kappa shape index (κ1) is 17.6. The van der Waals surface area contributed by atoms with E-state index in [1.807, 2.05) is 0 Å². The SMILES string of the molecule is Cc1cc(C(=O)Nc2ccc(Br)cc2F)cc(S(N)(=O)=O)c1C. The fraction of sp³-hybridized carbons (Fsp3) is 0.133. The highest BCUT2D eigenvalue weighted by molar-refractivity contribution is 9.10. The van der Waals surface area contributed by atoms with Crippen molar-refractivity contribution in [2.24, 2.45) is 5.14 Å². The maximum Gasteiger partial charge on any atom is 0.255 e. The summed E-state index contributed by atoms with van der Waals surface area (Å²) in [5.41, 5.74) is 1.14. The zero-order chi connectivity index (χ0) is 17.4. The molecule has 0 unspecified atom stereocenters. The summed E-state index contributed by atoms with van der Waals surface area (Å²) in [6, 6.07) is 6.90. The molecular formula is C15H14BrFN2O3S. The van der Waals surface area contributed by atoms with E-state index in [1.54, 1.807) is 19.9 Å². The number of primary sulfonamides is 1. The molecule has 0 bridgehead atoms. The van der Waals surface area contributed by atoms with Gasteiger partial charge in [0.05, 0.1) is 10.6 Å². The van der Waals surface area contributed by atoms with Crippen molar-refractivity contribution in [2.45, 2.75) is 18.7 Å². The second-order valence-electron chi connectivity index (χ2n) is 5.04. The molecule has 2 rings (SSSR count). The van der Waals surface area contributed by atoms with Gasteiger partial charge in [0.1, 0.15) is 5.82 Å². The molecule has 0 atom stereocenters. The van der Waals surface area contributed by atoms with Gasteiger partial charge in [-0.15, -0.1) is 0 Å². The van der Waals surface area contributed by atoms with Crippen LogP contribution < -0.4 is 10.5 Å². The number of carbonyl (C=O) groups is 1. The van der Waals surface area contributed by atoms with E-state index in [9.17, 15) is 17.6 Å². The van der Waals surface area contributed by atoms with Crippen molar-refractivity contribution >= 4 is 37.5 Å². The van der Waals surface area contributed by atoms with Crippen molar-refractivity contribution in [1.82, 2.24) is 0 Å². The smallest absolute Gasteiger partial charge is 0.255 e. The van der Waals surface area contributed by atoms with Gasteiger partial charge in [-0.2, -0.15) is 0 Å². The summed E-state index contributed by atoms with van der Waals surface area (Å²) in [6.07, 6.45) is 0. The van der Waals surface area contributed by atoms with Crippen molar-refractivity contribution in [3.63, 3.8) is 0 Å². The highest BCUT2D eigenvalue weighted by atomic mass is 79.9. The van der Waals surface area contributed by atoms with Crippen LogP contribution in [-0.2, 0) is 10.0 Å². The van der Waals surface area contributed by atoms with Crippen molar-refractivity contribution < 1.29 is 17.6 Å². The first-order chi connectivity index (χ1) is 10.6. The van der Waals surface area contributed by atoms with Crippen LogP contribution in [0.25, 0.3) is 0 Å². The van der Waals surface area contributed by atoms with E-state index in [4.69, 9.17) is 5.14 Å². The van der Waals surface area contributed by atoms with Gasteiger partial charge in [-0.25, -0.2) is 17.9 Å². The third-order valence-electron chi connectivity index (χ3n) is 3.37. The Bertz CT molecular complexity index is 898. The van der Waals surface area contributed by atoms with E-state index in [1.165, 1.54) is 24.3 Å². The van der Waals surface area contributed by atoms with E-state index >= 15 is 0 Å². The fourth-order valence-corrected chi connectivity index (χ4v) is 3.25. The maximum atomic E-state index is 13.8. The van der Waals surface area contributed by atoms with Gasteiger partial charge >= 0.3 is 0 Å². The molecule has 0 aliphatic rings. The maximum absolute atomic E-state index is 13.8. The standard InChI is InChI=1S/C15H14BrFN2O3S/c1-8-5-10(6-14(9(8)2)23(18,21)22)15(20)19-13-4-3-11(16)7-12(13)17/h3-7H,1-2H3,(H,19,20)(H2,18,21,22). The minimum absolute atomic E-state index is 0.00594. The largest absolute Gasteiger partial charge is 0.319 e. The van der Waals surface area contributed by atoms with E-state index in [0.29, 0.717) is 15.6 Å². The van der Waals surface area contributed by atoms with E-state index < -0.39 is 21.7 Å². The summed E-state index contributed by atoms with van der Waals surface area (Å²) < 4.78 is 37.5. The number of rotatable bonds is 3. The van der Waals surface area contributed by atoms with Gasteiger partial charge in [0.2, 0.25) is 10.0 Å². The second-order valence-corrected chi connectivity index (χ2v) is 7.49. The number of sulfonamides is 1. The number of anilines is 1. The highest BCUT2D eigenvalue weighted by Crippen LogP contribution is 2.23. The average Bonchev–Trinajstić information content (AvgIpc) is 2.43. The molecular weight excluding hydrogens is 387 g/mol. The lowest BCUT2D eigenvalue weighted by atomic mass is 10.1. The van der Waals surface area contributed by atoms with Gasteiger partial charge in [-0.05, 0) is 55.3 Å². The monoisotopic (exact) mass is 400 g/mol. The fourth-order valence-electron chi connectivity index (χ4n) is 2.04.